The van der Waals surface area contributed by atoms with Crippen LogP contribution in [0.3, 0.4) is 0 Å². The van der Waals surface area contributed by atoms with Crippen LogP contribution in [0.1, 0.15) is 69.8 Å². The third-order valence-corrected chi connectivity index (χ3v) is 7.48. The Hall–Kier alpha value is -1.35. The van der Waals surface area contributed by atoms with Gasteiger partial charge in [0.15, 0.2) is 0 Å². The van der Waals surface area contributed by atoms with Crippen molar-refractivity contribution >= 4 is 5.91 Å². The van der Waals surface area contributed by atoms with E-state index in [1.165, 1.54) is 24.8 Å². The summed E-state index contributed by atoms with van der Waals surface area (Å²) >= 11 is 0. The van der Waals surface area contributed by atoms with Crippen LogP contribution in [-0.2, 0) is 4.79 Å². The van der Waals surface area contributed by atoms with Gasteiger partial charge in [0.25, 0.3) is 0 Å². The zero-order chi connectivity index (χ0) is 18.1. The Bertz CT molecular complexity index is 602. The molecule has 0 aromatic heterocycles. The molecule has 1 heterocycles. The topological polar surface area (TPSA) is 46.3 Å². The van der Waals surface area contributed by atoms with Gasteiger partial charge in [-0.05, 0) is 62.3 Å². The molecule has 2 aliphatic carbocycles. The fourth-order valence-electron chi connectivity index (χ4n) is 6.14. The van der Waals surface area contributed by atoms with Gasteiger partial charge in [0.2, 0.25) is 5.91 Å². The van der Waals surface area contributed by atoms with Crippen LogP contribution in [0.25, 0.3) is 0 Å². The lowest BCUT2D eigenvalue weighted by molar-refractivity contribution is -0.139. The monoisotopic (exact) mass is 354 g/mol. The average molecular weight is 355 g/mol. The smallest absolute Gasteiger partial charge is 0.225 e. The van der Waals surface area contributed by atoms with E-state index in [2.05, 4.69) is 42.2 Å². The summed E-state index contributed by atoms with van der Waals surface area (Å²) < 4.78 is 0. The van der Waals surface area contributed by atoms with E-state index in [0.717, 1.165) is 38.6 Å². The first kappa shape index (κ1) is 18.0. The molecule has 26 heavy (non-hydrogen) atoms. The Morgan fingerprint density at radius 3 is 2.46 bits per heavy atom. The molecule has 2 N–H and O–H groups in total. The lowest BCUT2D eigenvalue weighted by Crippen LogP contribution is -2.51. The lowest BCUT2D eigenvalue weighted by atomic mass is 9.65. The molecule has 2 bridgehead atoms. The van der Waals surface area contributed by atoms with Crippen molar-refractivity contribution in [3.05, 3.63) is 35.9 Å². The normalized spacial score (nSPS) is 35.3. The van der Waals surface area contributed by atoms with Gasteiger partial charge in [-0.25, -0.2) is 0 Å². The predicted molar refractivity (Wildman–Crippen MR) is 106 cm³/mol. The van der Waals surface area contributed by atoms with Crippen LogP contribution in [0.4, 0.5) is 0 Å². The molecule has 1 aromatic rings. The third-order valence-electron chi connectivity index (χ3n) is 7.48. The second-order valence-electron chi connectivity index (χ2n) is 8.86. The molecule has 1 aliphatic heterocycles. The Morgan fingerprint density at radius 1 is 1.12 bits per heavy atom. The van der Waals surface area contributed by atoms with Crippen molar-refractivity contribution in [1.82, 2.24) is 4.90 Å². The Morgan fingerprint density at radius 2 is 1.81 bits per heavy atom. The molecule has 4 atom stereocenters. The maximum Gasteiger partial charge on any atom is 0.225 e. The van der Waals surface area contributed by atoms with Crippen molar-refractivity contribution in [2.45, 2.75) is 76.3 Å². The average Bonchev–Trinajstić information content (AvgIpc) is 3.12. The van der Waals surface area contributed by atoms with Crippen LogP contribution in [0.2, 0.25) is 0 Å². The number of nitrogens with zero attached hydrogens (tertiary/aromatic N) is 1. The summed E-state index contributed by atoms with van der Waals surface area (Å²) in [7, 11) is 0. The number of nitrogens with two attached hydrogens (primary N) is 1. The van der Waals surface area contributed by atoms with Crippen LogP contribution in [0.5, 0.6) is 0 Å². The molecular weight excluding hydrogens is 320 g/mol. The predicted octanol–water partition coefficient (Wildman–Crippen LogP) is 4.32. The first-order valence-electron chi connectivity index (χ1n) is 10.8. The minimum atomic E-state index is 0.221. The lowest BCUT2D eigenvalue weighted by Gasteiger charge is -2.45. The van der Waals surface area contributed by atoms with Gasteiger partial charge in [-0.15, -0.1) is 0 Å². The highest BCUT2D eigenvalue weighted by molar-refractivity contribution is 5.80. The molecule has 3 heteroatoms. The second kappa shape index (κ2) is 7.72. The number of hydrogen-bond donors (Lipinski definition) is 1. The summed E-state index contributed by atoms with van der Waals surface area (Å²) in [6.07, 6.45) is 9.22. The fraction of sp³-hybridized carbons (Fsp3) is 0.696. The van der Waals surface area contributed by atoms with Crippen LogP contribution in [0.15, 0.2) is 30.3 Å². The summed E-state index contributed by atoms with van der Waals surface area (Å²) in [6.45, 7) is 3.22. The van der Waals surface area contributed by atoms with Gasteiger partial charge in [0, 0.05) is 30.5 Å². The van der Waals surface area contributed by atoms with Gasteiger partial charge in [0.1, 0.15) is 0 Å². The fourth-order valence-corrected chi connectivity index (χ4v) is 6.14. The second-order valence-corrected chi connectivity index (χ2v) is 8.86. The van der Waals surface area contributed by atoms with E-state index < -0.39 is 0 Å². The molecule has 1 amide bonds. The number of carbonyl (C=O) groups is 1. The Kier molecular flexibility index (Phi) is 5.35. The molecule has 4 unspecified atom stereocenters. The molecule has 3 aliphatic rings. The standard InChI is InChI=1S/C23H34N2O/c1-2-20(16-8-4-3-5-9-16)21-12-7-13-25(21)23(26)19-14-17-10-6-11-18(15-19)22(17)24/h3-5,8-9,17-22H,2,6-7,10-15,24H2,1H3. The van der Waals surface area contributed by atoms with Gasteiger partial charge >= 0.3 is 0 Å². The minimum absolute atomic E-state index is 0.221. The van der Waals surface area contributed by atoms with Crippen molar-refractivity contribution in [1.29, 1.82) is 0 Å². The zero-order valence-electron chi connectivity index (χ0n) is 16.1. The molecule has 0 spiro atoms. The zero-order valence-corrected chi connectivity index (χ0v) is 16.1. The van der Waals surface area contributed by atoms with E-state index in [-0.39, 0.29) is 5.92 Å². The molecule has 3 nitrogen and oxygen atoms in total. The van der Waals surface area contributed by atoms with Crippen LogP contribution in [-0.4, -0.2) is 29.4 Å². The first-order chi connectivity index (χ1) is 12.7. The molecule has 2 saturated carbocycles. The summed E-state index contributed by atoms with van der Waals surface area (Å²) in [5.41, 5.74) is 7.84. The largest absolute Gasteiger partial charge is 0.339 e. The van der Waals surface area contributed by atoms with E-state index >= 15 is 0 Å². The summed E-state index contributed by atoms with van der Waals surface area (Å²) in [5, 5.41) is 0. The van der Waals surface area contributed by atoms with Gasteiger partial charge in [-0.3, -0.25) is 4.79 Å². The van der Waals surface area contributed by atoms with E-state index in [1.807, 2.05) is 0 Å². The quantitative estimate of drug-likeness (QED) is 0.875. The summed E-state index contributed by atoms with van der Waals surface area (Å²) in [5.74, 6) is 2.28. The van der Waals surface area contributed by atoms with Gasteiger partial charge < -0.3 is 10.6 Å². The number of carbonyl (C=O) groups excluding carboxylic acids is 1. The number of benzene rings is 1. The minimum Gasteiger partial charge on any atom is -0.339 e. The van der Waals surface area contributed by atoms with E-state index in [1.54, 1.807) is 0 Å². The van der Waals surface area contributed by atoms with Crippen LogP contribution >= 0.6 is 0 Å². The van der Waals surface area contributed by atoms with Crippen molar-refractivity contribution in [2.75, 3.05) is 6.54 Å². The Labute approximate surface area is 158 Å². The SMILES string of the molecule is CCC(c1ccccc1)C1CCCN1C(=O)C1CC2CCCC(C1)C2N. The number of likely N-dealkylation sites (tertiary alicyclic amines) is 1. The third kappa shape index (κ3) is 3.31. The molecule has 3 fully saturated rings. The number of hydrogen-bond acceptors (Lipinski definition) is 2. The van der Waals surface area contributed by atoms with Gasteiger partial charge in [0.05, 0.1) is 0 Å². The van der Waals surface area contributed by atoms with Crippen molar-refractivity contribution in [3.8, 4) is 0 Å². The highest BCUT2D eigenvalue weighted by Crippen LogP contribution is 2.44. The van der Waals surface area contributed by atoms with Gasteiger partial charge in [-0.1, -0.05) is 43.7 Å². The Balaban J connectivity index is 1.50. The maximum atomic E-state index is 13.5. The van der Waals surface area contributed by atoms with Crippen molar-refractivity contribution in [3.63, 3.8) is 0 Å². The molecule has 0 radical (unpaired) electrons. The van der Waals surface area contributed by atoms with Crippen molar-refractivity contribution < 1.29 is 4.79 Å². The molecule has 142 valence electrons. The first-order valence-corrected chi connectivity index (χ1v) is 10.8. The highest BCUT2D eigenvalue weighted by Gasteiger charge is 2.44. The number of rotatable bonds is 4. The summed E-state index contributed by atoms with van der Waals surface area (Å²) in [6, 6.07) is 11.5. The van der Waals surface area contributed by atoms with E-state index in [0.29, 0.717) is 35.7 Å². The molecule has 1 saturated heterocycles. The number of amides is 1. The van der Waals surface area contributed by atoms with E-state index in [4.69, 9.17) is 5.73 Å². The van der Waals surface area contributed by atoms with Crippen LogP contribution < -0.4 is 5.73 Å². The highest BCUT2D eigenvalue weighted by atomic mass is 16.2. The van der Waals surface area contributed by atoms with Gasteiger partial charge in [-0.2, -0.15) is 0 Å². The molecular formula is C23H34N2O. The van der Waals surface area contributed by atoms with E-state index in [9.17, 15) is 4.79 Å². The number of fused-ring (bicyclic) bond motifs is 2. The maximum absolute atomic E-state index is 13.5. The van der Waals surface area contributed by atoms with Crippen molar-refractivity contribution in [2.24, 2.45) is 23.5 Å². The molecule has 4 rings (SSSR count). The molecule has 1 aromatic carbocycles. The van der Waals surface area contributed by atoms with Crippen LogP contribution in [0, 0.1) is 17.8 Å². The summed E-state index contributed by atoms with van der Waals surface area (Å²) in [4.78, 5) is 15.7.